The molecule has 0 bridgehead atoms. The Morgan fingerprint density at radius 1 is 1.17 bits per heavy atom. The van der Waals surface area contributed by atoms with Gasteiger partial charge in [0.2, 0.25) is 7.05 Å². The van der Waals surface area contributed by atoms with Gasteiger partial charge in [0, 0.05) is 0 Å². The standard InChI is InChI=1S/C6H6O.C2H3N.C2H6/c7-6-4-2-1-3-5-6;1-3-2;1-2/h1-5,7H;1H3;1-2H3. The third kappa shape index (κ3) is 11.3. The lowest BCUT2D eigenvalue weighted by Gasteiger charge is -1.82. The Balaban J connectivity index is 0. The highest BCUT2D eigenvalue weighted by atomic mass is 16.3. The Labute approximate surface area is 74.3 Å². The molecule has 1 aromatic carbocycles. The van der Waals surface area contributed by atoms with E-state index in [1.807, 2.05) is 19.9 Å². The molecule has 12 heavy (non-hydrogen) atoms. The molecule has 0 fully saturated rings. The summed E-state index contributed by atoms with van der Waals surface area (Å²) < 4.78 is 0. The van der Waals surface area contributed by atoms with Gasteiger partial charge in [-0.15, -0.1) is 0 Å². The summed E-state index contributed by atoms with van der Waals surface area (Å²) in [6.45, 7) is 9.83. The fourth-order valence-corrected chi connectivity index (χ4v) is 0.428. The summed E-state index contributed by atoms with van der Waals surface area (Å²) in [5.41, 5.74) is 0. The van der Waals surface area contributed by atoms with Crippen LogP contribution in [0.5, 0.6) is 5.75 Å². The number of rotatable bonds is 0. The predicted molar refractivity (Wildman–Crippen MR) is 52.0 cm³/mol. The van der Waals surface area contributed by atoms with Crippen molar-refractivity contribution in [2.45, 2.75) is 13.8 Å². The molecule has 2 heteroatoms. The van der Waals surface area contributed by atoms with Crippen LogP contribution in [0.4, 0.5) is 0 Å². The van der Waals surface area contributed by atoms with Crippen LogP contribution in [0.3, 0.4) is 0 Å². The van der Waals surface area contributed by atoms with Gasteiger partial charge in [-0.2, -0.15) is 0 Å². The molecule has 0 unspecified atom stereocenters. The summed E-state index contributed by atoms with van der Waals surface area (Å²) in [6, 6.07) is 8.71. The third-order valence-corrected chi connectivity index (χ3v) is 0.756. The van der Waals surface area contributed by atoms with Crippen molar-refractivity contribution in [1.29, 1.82) is 0 Å². The van der Waals surface area contributed by atoms with E-state index in [4.69, 9.17) is 11.7 Å². The molecular formula is C10H15NO. The van der Waals surface area contributed by atoms with E-state index in [9.17, 15) is 0 Å². The number of hydrogen-bond acceptors (Lipinski definition) is 1. The van der Waals surface area contributed by atoms with Crippen LogP contribution < -0.4 is 0 Å². The summed E-state index contributed by atoms with van der Waals surface area (Å²) >= 11 is 0. The summed E-state index contributed by atoms with van der Waals surface area (Å²) in [7, 11) is 1.42. The fourth-order valence-electron chi connectivity index (χ4n) is 0.428. The Morgan fingerprint density at radius 2 is 1.50 bits per heavy atom. The third-order valence-electron chi connectivity index (χ3n) is 0.756. The summed E-state index contributed by atoms with van der Waals surface area (Å²) in [6.07, 6.45) is 0. The Morgan fingerprint density at radius 3 is 1.67 bits per heavy atom. The molecule has 0 saturated heterocycles. The van der Waals surface area contributed by atoms with Gasteiger partial charge in [0.15, 0.2) is 0 Å². The van der Waals surface area contributed by atoms with Crippen LogP contribution in [-0.2, 0) is 0 Å². The van der Waals surface area contributed by atoms with Crippen LogP contribution in [-0.4, -0.2) is 12.2 Å². The number of aromatic hydroxyl groups is 1. The molecule has 1 N–H and O–H groups in total. The van der Waals surface area contributed by atoms with Crippen molar-refractivity contribution in [3.05, 3.63) is 41.7 Å². The number of benzene rings is 1. The molecule has 0 aliphatic rings. The van der Waals surface area contributed by atoms with E-state index in [-0.39, 0.29) is 0 Å². The molecule has 0 saturated carbocycles. The van der Waals surface area contributed by atoms with Gasteiger partial charge < -0.3 is 9.95 Å². The van der Waals surface area contributed by atoms with E-state index in [0.29, 0.717) is 5.75 Å². The van der Waals surface area contributed by atoms with Crippen LogP contribution in [0.25, 0.3) is 4.85 Å². The maximum atomic E-state index is 8.63. The molecule has 0 aromatic heterocycles. The first-order valence-corrected chi connectivity index (χ1v) is 3.81. The van der Waals surface area contributed by atoms with Crippen molar-refractivity contribution in [2.24, 2.45) is 0 Å². The molecule has 0 amide bonds. The molecule has 0 heterocycles. The Bertz CT molecular complexity index is 201. The van der Waals surface area contributed by atoms with Crippen LogP contribution in [0.1, 0.15) is 13.8 Å². The largest absolute Gasteiger partial charge is 0.508 e. The molecule has 2 nitrogen and oxygen atoms in total. The lowest BCUT2D eigenvalue weighted by atomic mass is 10.3. The quantitative estimate of drug-likeness (QED) is 0.587. The minimum atomic E-state index is 0.322. The topological polar surface area (TPSA) is 24.6 Å². The predicted octanol–water partition coefficient (Wildman–Crippen LogP) is 2.95. The first kappa shape index (κ1) is 13.1. The van der Waals surface area contributed by atoms with Gasteiger partial charge in [-0.3, -0.25) is 0 Å². The van der Waals surface area contributed by atoms with Crippen molar-refractivity contribution in [2.75, 3.05) is 7.05 Å². The molecule has 1 rings (SSSR count). The number of phenolic OH excluding ortho intramolecular Hbond substituents is 1. The zero-order valence-electron chi connectivity index (χ0n) is 7.78. The molecule has 0 aliphatic carbocycles. The zero-order chi connectivity index (χ0) is 9.82. The molecular weight excluding hydrogens is 150 g/mol. The number of nitrogens with zero attached hydrogens (tertiary/aromatic N) is 1. The minimum Gasteiger partial charge on any atom is -0.508 e. The zero-order valence-corrected chi connectivity index (χ0v) is 7.78. The van der Waals surface area contributed by atoms with Crippen molar-refractivity contribution in [1.82, 2.24) is 0 Å². The smallest absolute Gasteiger partial charge is 0.205 e. The second-order valence-electron chi connectivity index (χ2n) is 1.56. The van der Waals surface area contributed by atoms with Gasteiger partial charge in [0.25, 0.3) is 0 Å². The minimum absolute atomic E-state index is 0.322. The average Bonchev–Trinajstić information content (AvgIpc) is 2.11. The van der Waals surface area contributed by atoms with Crippen LogP contribution in [0.2, 0.25) is 0 Å². The highest BCUT2D eigenvalue weighted by molar-refractivity contribution is 5.18. The first-order chi connectivity index (χ1) is 5.81. The van der Waals surface area contributed by atoms with Crippen molar-refractivity contribution in [3.8, 4) is 5.75 Å². The second kappa shape index (κ2) is 12.2. The van der Waals surface area contributed by atoms with Crippen LogP contribution >= 0.6 is 0 Å². The number of para-hydroxylation sites is 1. The summed E-state index contributed by atoms with van der Waals surface area (Å²) in [5.74, 6) is 0.322. The molecule has 0 atom stereocenters. The van der Waals surface area contributed by atoms with E-state index in [1.165, 1.54) is 7.05 Å². The van der Waals surface area contributed by atoms with Gasteiger partial charge in [-0.05, 0) is 12.1 Å². The van der Waals surface area contributed by atoms with Gasteiger partial charge in [-0.25, -0.2) is 6.57 Å². The SMILES string of the molecule is CC.Oc1ccccc1.[C-]#[N+]C. The Hall–Kier alpha value is -1.49. The monoisotopic (exact) mass is 165 g/mol. The van der Waals surface area contributed by atoms with Gasteiger partial charge in [0.05, 0.1) is 0 Å². The summed E-state index contributed by atoms with van der Waals surface area (Å²) in [4.78, 5) is 2.75. The normalized spacial score (nSPS) is 6.17. The van der Waals surface area contributed by atoms with E-state index in [0.717, 1.165) is 0 Å². The number of phenols is 1. The molecule has 1 aromatic rings. The van der Waals surface area contributed by atoms with Crippen molar-refractivity contribution in [3.63, 3.8) is 0 Å². The van der Waals surface area contributed by atoms with Crippen molar-refractivity contribution < 1.29 is 5.11 Å². The highest BCUT2D eigenvalue weighted by Gasteiger charge is 1.74. The van der Waals surface area contributed by atoms with E-state index in [2.05, 4.69) is 4.85 Å². The van der Waals surface area contributed by atoms with Crippen molar-refractivity contribution >= 4 is 0 Å². The average molecular weight is 165 g/mol. The highest BCUT2D eigenvalue weighted by Crippen LogP contribution is 2.02. The van der Waals surface area contributed by atoms with E-state index < -0.39 is 0 Å². The van der Waals surface area contributed by atoms with Gasteiger partial charge >= 0.3 is 0 Å². The number of hydrogen-bond donors (Lipinski definition) is 1. The lowest BCUT2D eigenvalue weighted by molar-refractivity contribution is 0.475. The maximum absolute atomic E-state index is 8.63. The second-order valence-corrected chi connectivity index (χ2v) is 1.56. The van der Waals surface area contributed by atoms with E-state index >= 15 is 0 Å². The Kier molecular flexibility index (Phi) is 13.4. The van der Waals surface area contributed by atoms with Crippen LogP contribution in [0.15, 0.2) is 30.3 Å². The van der Waals surface area contributed by atoms with Gasteiger partial charge in [-0.1, -0.05) is 32.0 Å². The molecule has 66 valence electrons. The molecule has 0 aliphatic heterocycles. The molecule has 0 radical (unpaired) electrons. The fraction of sp³-hybridized carbons (Fsp3) is 0.300. The summed E-state index contributed by atoms with van der Waals surface area (Å²) in [5, 5.41) is 8.63. The molecule has 0 spiro atoms. The maximum Gasteiger partial charge on any atom is 0.205 e. The van der Waals surface area contributed by atoms with E-state index in [1.54, 1.807) is 24.3 Å². The van der Waals surface area contributed by atoms with Gasteiger partial charge in [0.1, 0.15) is 5.75 Å². The van der Waals surface area contributed by atoms with Crippen LogP contribution in [0, 0.1) is 6.57 Å². The lowest BCUT2D eigenvalue weighted by Crippen LogP contribution is -1.56. The first-order valence-electron chi connectivity index (χ1n) is 3.81.